The molecule has 1 saturated carbocycles. The minimum Gasteiger partial charge on any atom is -0.492 e. The minimum absolute atomic E-state index is 0.302. The van der Waals surface area contributed by atoms with Crippen LogP contribution in [0, 0.1) is 5.92 Å². The van der Waals surface area contributed by atoms with Crippen molar-refractivity contribution in [1.29, 1.82) is 0 Å². The molecule has 1 atom stereocenters. The number of benzene rings is 1. The number of ether oxygens (including phenoxy) is 1. The Hall–Kier alpha value is -0.440. The van der Waals surface area contributed by atoms with Crippen LogP contribution in [0.3, 0.4) is 0 Å². The standard InChI is InChI=1S/C13H17Cl2NO/c1-3-17-12-7-10(14)9(6-11(12)15)13(16-2)8-4-5-8/h6-8,13,16H,3-5H2,1-2H3. The summed E-state index contributed by atoms with van der Waals surface area (Å²) in [6.45, 7) is 2.52. The van der Waals surface area contributed by atoms with E-state index in [2.05, 4.69) is 5.32 Å². The lowest BCUT2D eigenvalue weighted by Gasteiger charge is -2.19. The van der Waals surface area contributed by atoms with Gasteiger partial charge in [-0.25, -0.2) is 0 Å². The van der Waals surface area contributed by atoms with E-state index in [0.29, 0.717) is 29.3 Å². The molecule has 0 spiro atoms. The van der Waals surface area contributed by atoms with Gasteiger partial charge in [0.15, 0.2) is 0 Å². The molecule has 2 nitrogen and oxygen atoms in total. The molecular weight excluding hydrogens is 257 g/mol. The van der Waals surface area contributed by atoms with Crippen LogP contribution in [0.4, 0.5) is 0 Å². The summed E-state index contributed by atoms with van der Waals surface area (Å²) in [5, 5.41) is 4.67. The number of hydrogen-bond donors (Lipinski definition) is 1. The lowest BCUT2D eigenvalue weighted by molar-refractivity contribution is 0.340. The average Bonchev–Trinajstić information content (AvgIpc) is 3.10. The Morgan fingerprint density at radius 2 is 2.06 bits per heavy atom. The van der Waals surface area contributed by atoms with Crippen molar-refractivity contribution in [3.8, 4) is 5.75 Å². The molecule has 0 radical (unpaired) electrons. The van der Waals surface area contributed by atoms with E-state index in [9.17, 15) is 0 Å². The van der Waals surface area contributed by atoms with Gasteiger partial charge < -0.3 is 10.1 Å². The zero-order valence-corrected chi connectivity index (χ0v) is 11.6. The van der Waals surface area contributed by atoms with Gasteiger partial charge in [-0.1, -0.05) is 23.2 Å². The van der Waals surface area contributed by atoms with Gasteiger partial charge in [0.1, 0.15) is 5.75 Å². The van der Waals surface area contributed by atoms with Crippen molar-refractivity contribution in [1.82, 2.24) is 5.32 Å². The van der Waals surface area contributed by atoms with Crippen LogP contribution in [-0.2, 0) is 0 Å². The first kappa shape index (κ1) is 13.0. The highest BCUT2D eigenvalue weighted by Gasteiger charge is 2.32. The zero-order valence-electron chi connectivity index (χ0n) is 10.1. The summed E-state index contributed by atoms with van der Waals surface area (Å²) in [4.78, 5) is 0. The Bertz CT molecular complexity index is 405. The maximum absolute atomic E-state index is 6.30. The molecule has 4 heteroatoms. The topological polar surface area (TPSA) is 21.3 Å². The lowest BCUT2D eigenvalue weighted by atomic mass is 10.0. The first-order valence-electron chi connectivity index (χ1n) is 5.96. The summed E-state index contributed by atoms with van der Waals surface area (Å²) < 4.78 is 5.43. The third-order valence-electron chi connectivity index (χ3n) is 3.09. The van der Waals surface area contributed by atoms with E-state index in [1.165, 1.54) is 12.8 Å². The number of nitrogens with one attached hydrogen (secondary N) is 1. The van der Waals surface area contributed by atoms with E-state index in [-0.39, 0.29) is 0 Å². The first-order chi connectivity index (χ1) is 8.17. The molecule has 0 aromatic heterocycles. The number of hydrogen-bond acceptors (Lipinski definition) is 2. The van der Waals surface area contributed by atoms with Crippen LogP contribution in [0.15, 0.2) is 12.1 Å². The Morgan fingerprint density at radius 1 is 1.35 bits per heavy atom. The Kier molecular flexibility index (Phi) is 4.18. The van der Waals surface area contributed by atoms with Gasteiger partial charge in [0.25, 0.3) is 0 Å². The van der Waals surface area contributed by atoms with Gasteiger partial charge in [-0.05, 0) is 44.4 Å². The fourth-order valence-electron chi connectivity index (χ4n) is 2.12. The van der Waals surface area contributed by atoms with Gasteiger partial charge in [0.05, 0.1) is 11.6 Å². The molecule has 1 unspecified atom stereocenters. The molecule has 0 saturated heterocycles. The summed E-state index contributed by atoms with van der Waals surface area (Å²) in [6.07, 6.45) is 2.51. The Morgan fingerprint density at radius 3 is 2.59 bits per heavy atom. The molecule has 0 aliphatic heterocycles. The highest BCUT2D eigenvalue weighted by atomic mass is 35.5. The monoisotopic (exact) mass is 273 g/mol. The summed E-state index contributed by atoms with van der Waals surface area (Å²) in [5.41, 5.74) is 1.07. The first-order valence-corrected chi connectivity index (χ1v) is 6.72. The van der Waals surface area contributed by atoms with Crippen molar-refractivity contribution >= 4 is 23.2 Å². The van der Waals surface area contributed by atoms with Gasteiger partial charge in [-0.3, -0.25) is 0 Å². The van der Waals surface area contributed by atoms with Crippen LogP contribution in [0.25, 0.3) is 0 Å². The second-order valence-corrected chi connectivity index (χ2v) is 5.16. The van der Waals surface area contributed by atoms with Crippen molar-refractivity contribution in [3.05, 3.63) is 27.7 Å². The summed E-state index contributed by atoms with van der Waals surface area (Å²) >= 11 is 12.5. The predicted molar refractivity (Wildman–Crippen MR) is 72.2 cm³/mol. The minimum atomic E-state index is 0.302. The van der Waals surface area contributed by atoms with Crippen molar-refractivity contribution in [2.24, 2.45) is 5.92 Å². The third kappa shape index (κ3) is 2.87. The van der Waals surface area contributed by atoms with Crippen LogP contribution in [0.2, 0.25) is 10.0 Å². The summed E-state index contributed by atoms with van der Waals surface area (Å²) in [5.74, 6) is 1.35. The van der Waals surface area contributed by atoms with Crippen LogP contribution < -0.4 is 10.1 Å². The molecule has 1 N–H and O–H groups in total. The second-order valence-electron chi connectivity index (χ2n) is 4.34. The molecule has 17 heavy (non-hydrogen) atoms. The fourth-order valence-corrected chi connectivity index (χ4v) is 2.62. The second kappa shape index (κ2) is 5.47. The molecule has 1 fully saturated rings. The quantitative estimate of drug-likeness (QED) is 0.874. The van der Waals surface area contributed by atoms with Gasteiger partial charge in [-0.2, -0.15) is 0 Å². The van der Waals surface area contributed by atoms with Gasteiger partial charge >= 0.3 is 0 Å². The highest BCUT2D eigenvalue weighted by Crippen LogP contribution is 2.44. The van der Waals surface area contributed by atoms with Gasteiger partial charge in [0.2, 0.25) is 0 Å². The molecule has 0 heterocycles. The zero-order chi connectivity index (χ0) is 12.4. The number of rotatable bonds is 5. The third-order valence-corrected chi connectivity index (χ3v) is 3.71. The predicted octanol–water partition coefficient (Wildman–Crippen LogP) is 4.06. The largest absolute Gasteiger partial charge is 0.492 e. The van der Waals surface area contributed by atoms with Crippen molar-refractivity contribution in [2.75, 3.05) is 13.7 Å². The summed E-state index contributed by atoms with van der Waals surface area (Å²) in [6, 6.07) is 4.04. The van der Waals surface area contributed by atoms with E-state index in [0.717, 1.165) is 10.6 Å². The molecule has 0 amide bonds. The normalized spacial score (nSPS) is 16.9. The van der Waals surface area contributed by atoms with E-state index in [1.807, 2.05) is 26.1 Å². The Balaban J connectivity index is 2.30. The number of halogens is 2. The molecule has 1 aliphatic rings. The smallest absolute Gasteiger partial charge is 0.139 e. The Labute approximate surface area is 112 Å². The van der Waals surface area contributed by atoms with Gasteiger partial charge in [0, 0.05) is 17.1 Å². The maximum Gasteiger partial charge on any atom is 0.139 e. The molecule has 1 aromatic rings. The molecule has 94 valence electrons. The van der Waals surface area contributed by atoms with Gasteiger partial charge in [-0.15, -0.1) is 0 Å². The van der Waals surface area contributed by atoms with E-state index >= 15 is 0 Å². The molecule has 1 aromatic carbocycles. The molecule has 2 rings (SSSR count). The maximum atomic E-state index is 6.30. The van der Waals surface area contributed by atoms with Crippen molar-refractivity contribution in [3.63, 3.8) is 0 Å². The lowest BCUT2D eigenvalue weighted by Crippen LogP contribution is -2.18. The van der Waals surface area contributed by atoms with Crippen LogP contribution in [-0.4, -0.2) is 13.7 Å². The fraction of sp³-hybridized carbons (Fsp3) is 0.538. The molecule has 1 aliphatic carbocycles. The van der Waals surface area contributed by atoms with E-state index in [4.69, 9.17) is 27.9 Å². The highest BCUT2D eigenvalue weighted by molar-refractivity contribution is 6.34. The van der Waals surface area contributed by atoms with Crippen LogP contribution in [0.5, 0.6) is 5.75 Å². The average molecular weight is 274 g/mol. The van der Waals surface area contributed by atoms with Crippen LogP contribution in [0.1, 0.15) is 31.4 Å². The van der Waals surface area contributed by atoms with Crippen molar-refractivity contribution < 1.29 is 4.74 Å². The molecular formula is C13H17Cl2NO. The van der Waals surface area contributed by atoms with Crippen LogP contribution >= 0.6 is 23.2 Å². The van der Waals surface area contributed by atoms with Crippen molar-refractivity contribution in [2.45, 2.75) is 25.8 Å². The van der Waals surface area contributed by atoms with E-state index < -0.39 is 0 Å². The SMILES string of the molecule is CCOc1cc(Cl)c(C(NC)C2CC2)cc1Cl. The summed E-state index contributed by atoms with van der Waals surface area (Å²) in [7, 11) is 1.96. The van der Waals surface area contributed by atoms with E-state index in [1.54, 1.807) is 0 Å². The molecule has 0 bridgehead atoms.